The molecule has 0 aliphatic rings. The third-order valence-corrected chi connectivity index (χ3v) is 5.09. The van der Waals surface area contributed by atoms with Crippen LogP contribution in [0.1, 0.15) is 11.1 Å². The van der Waals surface area contributed by atoms with Gasteiger partial charge in [0.25, 0.3) is 0 Å². The van der Waals surface area contributed by atoms with E-state index >= 15 is 0 Å². The van der Waals surface area contributed by atoms with Crippen LogP contribution in [0.5, 0.6) is 5.75 Å². The molecule has 0 fully saturated rings. The highest BCUT2D eigenvalue weighted by molar-refractivity contribution is 6.35. The van der Waals surface area contributed by atoms with Crippen LogP contribution in [0.15, 0.2) is 65.5 Å². The van der Waals surface area contributed by atoms with Crippen molar-refractivity contribution >= 4 is 39.9 Å². The quantitative estimate of drug-likeness (QED) is 0.398. The Kier molecular flexibility index (Phi) is 5.28. The van der Waals surface area contributed by atoms with Gasteiger partial charge in [0.15, 0.2) is 0 Å². The van der Waals surface area contributed by atoms with Crippen LogP contribution in [0.2, 0.25) is 10.0 Å². The van der Waals surface area contributed by atoms with Crippen molar-refractivity contribution in [3.63, 3.8) is 0 Å². The molecule has 3 aromatic carbocycles. The number of hydrogen-bond acceptors (Lipinski definition) is 3. The molecule has 0 bridgehead atoms. The molecule has 5 nitrogen and oxygen atoms in total. The summed E-state index contributed by atoms with van der Waals surface area (Å²) >= 11 is 12.3. The molecule has 142 valence electrons. The molecule has 0 aliphatic carbocycles. The number of aromatic nitrogens is 2. The molecule has 0 saturated heterocycles. The van der Waals surface area contributed by atoms with Gasteiger partial charge in [-0.05, 0) is 48.0 Å². The third-order valence-electron chi connectivity index (χ3n) is 4.38. The van der Waals surface area contributed by atoms with Crippen LogP contribution in [-0.2, 0) is 13.2 Å². The first-order chi connectivity index (χ1) is 13.6. The molecular weight excluding hydrogens is 397 g/mol. The second-order valence-electron chi connectivity index (χ2n) is 6.33. The first kappa shape index (κ1) is 18.5. The Balaban J connectivity index is 1.36. The highest BCUT2D eigenvalue weighted by atomic mass is 35.5. The third kappa shape index (κ3) is 4.16. The number of halogens is 2. The predicted octanol–water partition coefficient (Wildman–Crippen LogP) is 5.35. The Labute approximate surface area is 171 Å². The number of H-pyrrole nitrogens is 2. The van der Waals surface area contributed by atoms with Crippen LogP contribution in [0.3, 0.4) is 0 Å². The summed E-state index contributed by atoms with van der Waals surface area (Å²) in [5, 5.41) is 4.53. The zero-order valence-corrected chi connectivity index (χ0v) is 16.3. The maximum Gasteiger partial charge on any atom is 0.323 e. The molecule has 4 rings (SSSR count). The standard InChI is InChI=1S/C21H17Cl2N3O2/c22-17-2-1-3-18(23)16(17)12-28-15-7-4-13(5-8-15)11-24-14-6-9-19-20(10-14)26-21(27)25-19/h1-10,24H,11-12H2,(H2,25,26,27). The van der Waals surface area contributed by atoms with Crippen molar-refractivity contribution in [3.05, 3.63) is 92.3 Å². The zero-order chi connectivity index (χ0) is 19.5. The Hall–Kier alpha value is -2.89. The van der Waals surface area contributed by atoms with Gasteiger partial charge in [-0.1, -0.05) is 41.4 Å². The summed E-state index contributed by atoms with van der Waals surface area (Å²) in [6.07, 6.45) is 0. The van der Waals surface area contributed by atoms with Gasteiger partial charge in [-0.15, -0.1) is 0 Å². The molecule has 0 radical (unpaired) electrons. The minimum atomic E-state index is -0.208. The number of nitrogens with one attached hydrogen (secondary N) is 3. The van der Waals surface area contributed by atoms with Crippen molar-refractivity contribution in [1.82, 2.24) is 9.97 Å². The van der Waals surface area contributed by atoms with Crippen molar-refractivity contribution in [2.24, 2.45) is 0 Å². The van der Waals surface area contributed by atoms with Gasteiger partial charge >= 0.3 is 5.69 Å². The molecule has 1 heterocycles. The van der Waals surface area contributed by atoms with Gasteiger partial charge in [-0.3, -0.25) is 0 Å². The van der Waals surface area contributed by atoms with Crippen molar-refractivity contribution in [1.29, 1.82) is 0 Å². The highest BCUT2D eigenvalue weighted by Gasteiger charge is 2.06. The molecule has 0 saturated carbocycles. The number of rotatable bonds is 6. The number of anilines is 1. The number of imidazole rings is 1. The Bertz CT molecular complexity index is 1150. The molecular formula is C21H17Cl2N3O2. The summed E-state index contributed by atoms with van der Waals surface area (Å²) in [6.45, 7) is 0.960. The molecule has 0 amide bonds. The van der Waals surface area contributed by atoms with Crippen LogP contribution >= 0.6 is 23.2 Å². The van der Waals surface area contributed by atoms with E-state index in [0.717, 1.165) is 33.6 Å². The lowest BCUT2D eigenvalue weighted by molar-refractivity contribution is 0.306. The van der Waals surface area contributed by atoms with Gasteiger partial charge in [0, 0.05) is 27.8 Å². The molecule has 0 atom stereocenters. The first-order valence-corrected chi connectivity index (χ1v) is 9.44. The largest absolute Gasteiger partial charge is 0.489 e. The van der Waals surface area contributed by atoms with E-state index < -0.39 is 0 Å². The van der Waals surface area contributed by atoms with Crippen molar-refractivity contribution in [3.8, 4) is 5.75 Å². The van der Waals surface area contributed by atoms with E-state index in [1.165, 1.54) is 0 Å². The normalized spacial score (nSPS) is 10.9. The SMILES string of the molecule is O=c1[nH]c2ccc(NCc3ccc(OCc4c(Cl)cccc4Cl)cc3)cc2[nH]1. The number of hydrogen-bond donors (Lipinski definition) is 3. The fourth-order valence-corrected chi connectivity index (χ4v) is 3.38. The van der Waals surface area contributed by atoms with E-state index in [0.29, 0.717) is 23.2 Å². The Morgan fingerprint density at radius 1 is 0.893 bits per heavy atom. The lowest BCUT2D eigenvalue weighted by Crippen LogP contribution is -2.00. The number of ether oxygens (including phenoxy) is 1. The van der Waals surface area contributed by atoms with E-state index in [-0.39, 0.29) is 5.69 Å². The number of aromatic amines is 2. The summed E-state index contributed by atoms with van der Waals surface area (Å²) in [6, 6.07) is 18.9. The Morgan fingerprint density at radius 3 is 2.36 bits per heavy atom. The lowest BCUT2D eigenvalue weighted by atomic mass is 10.2. The predicted molar refractivity (Wildman–Crippen MR) is 113 cm³/mol. The molecule has 0 aliphatic heterocycles. The summed E-state index contributed by atoms with van der Waals surface area (Å²) < 4.78 is 5.80. The van der Waals surface area contributed by atoms with Crippen LogP contribution < -0.4 is 15.7 Å². The van der Waals surface area contributed by atoms with Gasteiger partial charge in [-0.25, -0.2) is 4.79 Å². The van der Waals surface area contributed by atoms with Gasteiger partial charge in [0.2, 0.25) is 0 Å². The van der Waals surface area contributed by atoms with E-state index in [1.54, 1.807) is 18.2 Å². The van der Waals surface area contributed by atoms with E-state index in [2.05, 4.69) is 15.3 Å². The van der Waals surface area contributed by atoms with Crippen molar-refractivity contribution < 1.29 is 4.74 Å². The number of fused-ring (bicyclic) bond motifs is 1. The van der Waals surface area contributed by atoms with Crippen molar-refractivity contribution in [2.75, 3.05) is 5.32 Å². The molecule has 0 unspecified atom stereocenters. The van der Waals surface area contributed by atoms with Crippen LogP contribution in [0.25, 0.3) is 11.0 Å². The minimum Gasteiger partial charge on any atom is -0.489 e. The first-order valence-electron chi connectivity index (χ1n) is 8.69. The summed E-state index contributed by atoms with van der Waals surface area (Å²) in [4.78, 5) is 16.8. The van der Waals surface area contributed by atoms with Crippen LogP contribution in [-0.4, -0.2) is 9.97 Å². The topological polar surface area (TPSA) is 69.9 Å². The molecule has 28 heavy (non-hydrogen) atoms. The van der Waals surface area contributed by atoms with Crippen molar-refractivity contribution in [2.45, 2.75) is 13.2 Å². The van der Waals surface area contributed by atoms with Gasteiger partial charge in [-0.2, -0.15) is 0 Å². The average molecular weight is 414 g/mol. The Morgan fingerprint density at radius 2 is 1.61 bits per heavy atom. The molecule has 4 aromatic rings. The smallest absolute Gasteiger partial charge is 0.323 e. The average Bonchev–Trinajstić information content (AvgIpc) is 3.06. The van der Waals surface area contributed by atoms with Gasteiger partial charge < -0.3 is 20.0 Å². The van der Waals surface area contributed by atoms with E-state index in [4.69, 9.17) is 27.9 Å². The van der Waals surface area contributed by atoms with E-state index in [9.17, 15) is 4.79 Å². The fraction of sp³-hybridized carbons (Fsp3) is 0.0952. The maximum absolute atomic E-state index is 11.3. The van der Waals surface area contributed by atoms with Gasteiger partial charge in [0.05, 0.1) is 11.0 Å². The monoisotopic (exact) mass is 413 g/mol. The maximum atomic E-state index is 11.3. The molecule has 3 N–H and O–H groups in total. The molecule has 0 spiro atoms. The number of benzene rings is 3. The molecule has 7 heteroatoms. The van der Waals surface area contributed by atoms with Crippen LogP contribution in [0.4, 0.5) is 5.69 Å². The van der Waals surface area contributed by atoms with Crippen LogP contribution in [0, 0.1) is 0 Å². The van der Waals surface area contributed by atoms with E-state index in [1.807, 2.05) is 42.5 Å². The second-order valence-corrected chi connectivity index (χ2v) is 7.14. The second kappa shape index (κ2) is 8.00. The van der Waals surface area contributed by atoms with Gasteiger partial charge in [0.1, 0.15) is 12.4 Å². The lowest BCUT2D eigenvalue weighted by Gasteiger charge is -2.11. The summed E-state index contributed by atoms with van der Waals surface area (Å²) in [7, 11) is 0. The highest BCUT2D eigenvalue weighted by Crippen LogP contribution is 2.26. The fourth-order valence-electron chi connectivity index (χ4n) is 2.88. The minimum absolute atomic E-state index is 0.208. The summed E-state index contributed by atoms with van der Waals surface area (Å²) in [5.74, 6) is 0.742. The molecule has 1 aromatic heterocycles. The zero-order valence-electron chi connectivity index (χ0n) is 14.8. The summed E-state index contributed by atoms with van der Waals surface area (Å²) in [5.41, 5.74) is 4.16.